The van der Waals surface area contributed by atoms with Crippen molar-refractivity contribution in [3.05, 3.63) is 47.6 Å². The Labute approximate surface area is 248 Å². The van der Waals surface area contributed by atoms with Gasteiger partial charge in [-0.15, -0.1) is 0 Å². The molecule has 41 heavy (non-hydrogen) atoms. The van der Waals surface area contributed by atoms with Crippen LogP contribution in [0.2, 0.25) is 5.02 Å². The van der Waals surface area contributed by atoms with E-state index in [0.717, 1.165) is 36.2 Å². The maximum Gasteiger partial charge on any atom is 0.319 e. The van der Waals surface area contributed by atoms with Gasteiger partial charge < -0.3 is 29.7 Å². The molecule has 2 aromatic carbocycles. The Kier molecular flexibility index (Phi) is 10.6. The van der Waals surface area contributed by atoms with Gasteiger partial charge in [0.1, 0.15) is 11.5 Å². The lowest BCUT2D eigenvalue weighted by Crippen LogP contribution is -2.34. The fourth-order valence-corrected chi connectivity index (χ4v) is 4.97. The fourth-order valence-electron chi connectivity index (χ4n) is 4.75. The molecule has 1 aliphatic heterocycles. The summed E-state index contributed by atoms with van der Waals surface area (Å²) in [6.45, 7) is 13.3. The molecule has 0 spiro atoms. The van der Waals surface area contributed by atoms with Crippen LogP contribution in [0.15, 0.2) is 42.6 Å². The van der Waals surface area contributed by atoms with Crippen LogP contribution in [0.4, 0.5) is 10.5 Å². The number of piperidine rings is 1. The molecule has 0 atom stereocenters. The Morgan fingerprint density at radius 3 is 2.59 bits per heavy atom. The molecule has 0 bridgehead atoms. The highest BCUT2D eigenvalue weighted by Gasteiger charge is 2.17. The number of pyridine rings is 1. The number of likely N-dealkylation sites (tertiary alicyclic amines) is 1. The molecule has 2 N–H and O–H groups in total. The number of aromatic nitrogens is 1. The fraction of sp³-hybridized carbons (Fsp3) is 0.500. The van der Waals surface area contributed by atoms with E-state index in [1.807, 2.05) is 12.1 Å². The zero-order chi connectivity index (χ0) is 29.4. The largest absolute Gasteiger partial charge is 0.493 e. The number of nitrogens with zero attached hydrogens (tertiary/aromatic N) is 2. The van der Waals surface area contributed by atoms with E-state index in [9.17, 15) is 4.79 Å². The lowest BCUT2D eigenvalue weighted by Gasteiger charge is -2.30. The first-order chi connectivity index (χ1) is 19.6. The van der Waals surface area contributed by atoms with Crippen molar-refractivity contribution in [3.8, 4) is 23.0 Å². The van der Waals surface area contributed by atoms with Gasteiger partial charge in [-0.1, -0.05) is 39.3 Å². The summed E-state index contributed by atoms with van der Waals surface area (Å²) in [6.07, 6.45) is 6.08. The van der Waals surface area contributed by atoms with Crippen LogP contribution in [-0.4, -0.2) is 55.8 Å². The average molecular weight is 583 g/mol. The summed E-state index contributed by atoms with van der Waals surface area (Å²) in [5.41, 5.74) is 1.38. The van der Waals surface area contributed by atoms with Gasteiger partial charge in [0.25, 0.3) is 0 Å². The summed E-state index contributed by atoms with van der Waals surface area (Å²) >= 11 is 6.47. The Morgan fingerprint density at radius 1 is 1.10 bits per heavy atom. The molecule has 0 unspecified atom stereocenters. The molecule has 0 saturated carbocycles. The minimum atomic E-state index is -0.295. The van der Waals surface area contributed by atoms with Crippen molar-refractivity contribution in [1.82, 2.24) is 15.2 Å². The molecule has 0 radical (unpaired) electrons. The first kappa shape index (κ1) is 30.7. The molecule has 0 aliphatic carbocycles. The molecule has 2 heterocycles. The highest BCUT2D eigenvalue weighted by molar-refractivity contribution is 6.33. The van der Waals surface area contributed by atoms with Gasteiger partial charge in [0.05, 0.1) is 29.9 Å². The molecule has 3 aromatic rings. The molecule has 1 fully saturated rings. The van der Waals surface area contributed by atoms with Crippen LogP contribution < -0.4 is 24.8 Å². The number of carbonyl (C=O) groups excluding carboxylic acids is 1. The molecule has 1 aromatic heterocycles. The van der Waals surface area contributed by atoms with Gasteiger partial charge in [0, 0.05) is 36.8 Å². The van der Waals surface area contributed by atoms with Crippen LogP contribution in [0.1, 0.15) is 53.4 Å². The Balaban J connectivity index is 1.38. The lowest BCUT2D eigenvalue weighted by atomic mass is 9.92. The third kappa shape index (κ3) is 9.13. The molecule has 1 aliphatic rings. The van der Waals surface area contributed by atoms with Crippen molar-refractivity contribution in [3.63, 3.8) is 0 Å². The second-order valence-electron chi connectivity index (χ2n) is 12.0. The number of halogens is 1. The number of carbonyl (C=O) groups is 1. The summed E-state index contributed by atoms with van der Waals surface area (Å²) in [6, 6.07) is 10.4. The molecule has 8 nitrogen and oxygen atoms in total. The van der Waals surface area contributed by atoms with Crippen molar-refractivity contribution < 1.29 is 19.0 Å². The SMILES string of the molecule is COc1cc2c(Oc3ccc(NC(=O)NCCC(C)(C)C)c(Cl)c3)ccnc2cc1OCCCN1CCC(C)CC1. The number of amides is 2. The number of methoxy groups -OCH3 is 1. The normalized spacial score (nSPS) is 14.6. The Morgan fingerprint density at radius 2 is 1.88 bits per heavy atom. The second kappa shape index (κ2) is 14.1. The van der Waals surface area contributed by atoms with Crippen LogP contribution in [-0.2, 0) is 0 Å². The van der Waals surface area contributed by atoms with Gasteiger partial charge in [0.2, 0.25) is 0 Å². The van der Waals surface area contributed by atoms with E-state index in [2.05, 4.69) is 48.2 Å². The predicted octanol–water partition coefficient (Wildman–Crippen LogP) is 7.75. The Hall–Kier alpha value is -3.23. The molecule has 4 rings (SSSR count). The number of urea groups is 1. The number of anilines is 1. The standard InChI is InChI=1S/C32H43ClN4O4/c1-22-10-16-37(17-11-22)15-6-18-40-30-21-27-24(20-29(30)39-5)28(9-13-34-27)41-23-7-8-26(25(33)19-23)36-31(38)35-14-12-32(2,3)4/h7-9,13,19-22H,6,10-12,14-18H2,1-5H3,(H2,35,36,38). The molecule has 1 saturated heterocycles. The number of hydrogen-bond acceptors (Lipinski definition) is 6. The van der Waals surface area contributed by atoms with Gasteiger partial charge in [0.15, 0.2) is 11.5 Å². The first-order valence-corrected chi connectivity index (χ1v) is 14.8. The average Bonchev–Trinajstić information content (AvgIpc) is 2.92. The van der Waals surface area contributed by atoms with Crippen LogP contribution >= 0.6 is 11.6 Å². The van der Waals surface area contributed by atoms with E-state index in [0.29, 0.717) is 46.9 Å². The quantitative estimate of drug-likeness (QED) is 0.225. The third-order valence-corrected chi connectivity index (χ3v) is 7.63. The van der Waals surface area contributed by atoms with E-state index >= 15 is 0 Å². The van der Waals surface area contributed by atoms with Gasteiger partial charge in [-0.25, -0.2) is 4.79 Å². The summed E-state index contributed by atoms with van der Waals surface area (Å²) in [7, 11) is 1.63. The van der Waals surface area contributed by atoms with Gasteiger partial charge in [-0.2, -0.15) is 0 Å². The van der Waals surface area contributed by atoms with Gasteiger partial charge in [-0.3, -0.25) is 4.98 Å². The molecule has 2 amide bonds. The van der Waals surface area contributed by atoms with Crippen LogP contribution in [0.5, 0.6) is 23.0 Å². The molecule has 222 valence electrons. The third-order valence-electron chi connectivity index (χ3n) is 7.32. The van der Waals surface area contributed by atoms with Crippen LogP contribution in [0, 0.1) is 11.3 Å². The van der Waals surface area contributed by atoms with Crippen molar-refractivity contribution >= 4 is 34.2 Å². The lowest BCUT2D eigenvalue weighted by molar-refractivity contribution is 0.176. The number of ether oxygens (including phenoxy) is 3. The molecular formula is C32H43ClN4O4. The highest BCUT2D eigenvalue weighted by atomic mass is 35.5. The monoisotopic (exact) mass is 582 g/mol. The van der Waals surface area contributed by atoms with E-state index in [4.69, 9.17) is 25.8 Å². The summed E-state index contributed by atoms with van der Waals surface area (Å²) in [5.74, 6) is 3.26. The van der Waals surface area contributed by atoms with E-state index in [1.54, 1.807) is 37.6 Å². The summed E-state index contributed by atoms with van der Waals surface area (Å²) < 4.78 is 18.0. The number of hydrogen-bond donors (Lipinski definition) is 2. The zero-order valence-electron chi connectivity index (χ0n) is 24.9. The van der Waals surface area contributed by atoms with E-state index in [1.165, 1.54) is 25.9 Å². The number of nitrogens with one attached hydrogen (secondary N) is 2. The number of rotatable bonds is 11. The molecular weight excluding hydrogens is 540 g/mol. The van der Waals surface area contributed by atoms with Gasteiger partial charge >= 0.3 is 6.03 Å². The smallest absolute Gasteiger partial charge is 0.319 e. The maximum atomic E-state index is 12.3. The van der Waals surface area contributed by atoms with E-state index in [-0.39, 0.29) is 11.4 Å². The van der Waals surface area contributed by atoms with Crippen molar-refractivity contribution in [2.75, 3.05) is 45.2 Å². The summed E-state index contributed by atoms with van der Waals surface area (Å²) in [5, 5.41) is 6.83. The van der Waals surface area contributed by atoms with Gasteiger partial charge in [-0.05, 0) is 74.4 Å². The van der Waals surface area contributed by atoms with E-state index < -0.39 is 0 Å². The number of fused-ring (bicyclic) bond motifs is 1. The topological polar surface area (TPSA) is 85.0 Å². The van der Waals surface area contributed by atoms with Crippen LogP contribution in [0.3, 0.4) is 0 Å². The summed E-state index contributed by atoms with van der Waals surface area (Å²) in [4.78, 5) is 19.3. The number of benzene rings is 2. The molecule has 9 heteroatoms. The Bertz CT molecular complexity index is 1320. The first-order valence-electron chi connectivity index (χ1n) is 14.5. The zero-order valence-corrected chi connectivity index (χ0v) is 25.6. The second-order valence-corrected chi connectivity index (χ2v) is 12.4. The maximum absolute atomic E-state index is 12.3. The van der Waals surface area contributed by atoms with Crippen LogP contribution in [0.25, 0.3) is 10.9 Å². The minimum Gasteiger partial charge on any atom is -0.493 e. The van der Waals surface area contributed by atoms with Crippen molar-refractivity contribution in [1.29, 1.82) is 0 Å². The van der Waals surface area contributed by atoms with Crippen molar-refractivity contribution in [2.24, 2.45) is 11.3 Å². The van der Waals surface area contributed by atoms with Crippen molar-refractivity contribution in [2.45, 2.75) is 53.4 Å². The minimum absolute atomic E-state index is 0.144. The predicted molar refractivity (Wildman–Crippen MR) is 166 cm³/mol. The highest BCUT2D eigenvalue weighted by Crippen LogP contribution is 2.38.